The summed E-state index contributed by atoms with van der Waals surface area (Å²) in [5, 5.41) is 2.91. The van der Waals surface area contributed by atoms with Crippen LogP contribution in [-0.4, -0.2) is 18.4 Å². The van der Waals surface area contributed by atoms with Crippen molar-refractivity contribution < 1.29 is 9.59 Å². The van der Waals surface area contributed by atoms with Crippen molar-refractivity contribution in [1.29, 1.82) is 0 Å². The summed E-state index contributed by atoms with van der Waals surface area (Å²) in [6.45, 7) is 1.56. The van der Waals surface area contributed by atoms with Gasteiger partial charge in [-0.1, -0.05) is 17.7 Å². The second-order valence-corrected chi connectivity index (χ2v) is 3.47. The Morgan fingerprint density at radius 1 is 1.47 bits per heavy atom. The molecule has 0 bridgehead atoms. The summed E-state index contributed by atoms with van der Waals surface area (Å²) in [6.07, 6.45) is 0. The van der Waals surface area contributed by atoms with Gasteiger partial charge in [0.15, 0.2) is 0 Å². The van der Waals surface area contributed by atoms with Crippen LogP contribution in [0.3, 0.4) is 0 Å². The van der Waals surface area contributed by atoms with Crippen molar-refractivity contribution in [1.82, 2.24) is 5.32 Å². The Kier molecular flexibility index (Phi) is 3.68. The van der Waals surface area contributed by atoms with Crippen LogP contribution in [0.15, 0.2) is 18.2 Å². The molecule has 0 aliphatic rings. The lowest BCUT2D eigenvalue weighted by molar-refractivity contribution is -0.117. The first-order valence-corrected chi connectivity index (χ1v) is 4.71. The van der Waals surface area contributed by atoms with Crippen molar-refractivity contribution in [2.24, 2.45) is 5.73 Å². The van der Waals surface area contributed by atoms with Crippen LogP contribution in [0.25, 0.3) is 0 Å². The molecule has 0 unspecified atom stereocenters. The molecule has 0 fully saturated rings. The van der Waals surface area contributed by atoms with Crippen molar-refractivity contribution in [3.05, 3.63) is 34.3 Å². The third-order valence-corrected chi connectivity index (χ3v) is 2.34. The Morgan fingerprint density at radius 2 is 2.13 bits per heavy atom. The van der Waals surface area contributed by atoms with Crippen LogP contribution in [0.2, 0.25) is 5.02 Å². The number of rotatable bonds is 3. The lowest BCUT2D eigenvalue weighted by Gasteiger charge is -2.06. The molecule has 0 aliphatic carbocycles. The van der Waals surface area contributed by atoms with Crippen LogP contribution in [-0.2, 0) is 4.79 Å². The summed E-state index contributed by atoms with van der Waals surface area (Å²) in [7, 11) is 0. The molecule has 0 spiro atoms. The summed E-state index contributed by atoms with van der Waals surface area (Å²) in [5.74, 6) is -0.933. The van der Waals surface area contributed by atoms with Gasteiger partial charge in [-0.3, -0.25) is 9.59 Å². The second-order valence-electron chi connectivity index (χ2n) is 3.06. The highest BCUT2D eigenvalue weighted by atomic mass is 35.5. The van der Waals surface area contributed by atoms with Crippen LogP contribution >= 0.6 is 11.6 Å². The molecule has 15 heavy (non-hydrogen) atoms. The van der Waals surface area contributed by atoms with E-state index in [9.17, 15) is 9.59 Å². The van der Waals surface area contributed by atoms with Gasteiger partial charge in [0, 0.05) is 10.6 Å². The predicted octanol–water partition coefficient (Wildman–Crippen LogP) is 0.864. The first kappa shape index (κ1) is 11.5. The van der Waals surface area contributed by atoms with Gasteiger partial charge in [0.25, 0.3) is 5.91 Å². The molecule has 3 N–H and O–H groups in total. The van der Waals surface area contributed by atoms with Crippen LogP contribution in [0.5, 0.6) is 0 Å². The number of amides is 2. The predicted molar refractivity (Wildman–Crippen MR) is 57.7 cm³/mol. The molecular formula is C10H11ClN2O2. The van der Waals surface area contributed by atoms with Gasteiger partial charge in [-0.25, -0.2) is 0 Å². The maximum atomic E-state index is 11.5. The minimum Gasteiger partial charge on any atom is -0.368 e. The lowest BCUT2D eigenvalue weighted by Crippen LogP contribution is -2.33. The second kappa shape index (κ2) is 4.79. The van der Waals surface area contributed by atoms with Crippen molar-refractivity contribution in [2.75, 3.05) is 6.54 Å². The molecular weight excluding hydrogens is 216 g/mol. The van der Waals surface area contributed by atoms with E-state index in [-0.39, 0.29) is 12.5 Å². The van der Waals surface area contributed by atoms with E-state index >= 15 is 0 Å². The van der Waals surface area contributed by atoms with Gasteiger partial charge in [0.2, 0.25) is 5.91 Å². The third-order valence-electron chi connectivity index (χ3n) is 1.94. The quantitative estimate of drug-likeness (QED) is 0.803. The number of nitrogens with two attached hydrogens (primary N) is 1. The zero-order valence-electron chi connectivity index (χ0n) is 8.21. The fraction of sp³-hybridized carbons (Fsp3) is 0.200. The molecule has 5 heteroatoms. The monoisotopic (exact) mass is 226 g/mol. The lowest BCUT2D eigenvalue weighted by atomic mass is 10.1. The maximum absolute atomic E-state index is 11.5. The smallest absolute Gasteiger partial charge is 0.252 e. The molecule has 0 atom stereocenters. The Morgan fingerprint density at radius 3 is 2.73 bits per heavy atom. The number of benzene rings is 1. The Labute approximate surface area is 92.4 Å². The average Bonchev–Trinajstić information content (AvgIpc) is 2.18. The molecule has 0 aromatic heterocycles. The molecule has 1 rings (SSSR count). The van der Waals surface area contributed by atoms with Gasteiger partial charge < -0.3 is 11.1 Å². The molecule has 0 heterocycles. The topological polar surface area (TPSA) is 72.2 Å². The van der Waals surface area contributed by atoms with Gasteiger partial charge in [-0.05, 0) is 24.6 Å². The van der Waals surface area contributed by atoms with E-state index in [0.717, 1.165) is 0 Å². The summed E-state index contributed by atoms with van der Waals surface area (Å²) in [4.78, 5) is 22.0. The number of nitrogens with one attached hydrogen (secondary N) is 1. The van der Waals surface area contributed by atoms with Crippen LogP contribution in [0, 0.1) is 6.92 Å². The SMILES string of the molecule is Cc1c(Cl)cccc1C(=O)NCC(N)=O. The van der Waals surface area contributed by atoms with Crippen LogP contribution in [0.1, 0.15) is 15.9 Å². The van der Waals surface area contributed by atoms with E-state index in [1.54, 1.807) is 25.1 Å². The summed E-state index contributed by atoms with van der Waals surface area (Å²) < 4.78 is 0. The fourth-order valence-electron chi connectivity index (χ4n) is 1.12. The van der Waals surface area contributed by atoms with Gasteiger partial charge in [0.05, 0.1) is 6.54 Å². The van der Waals surface area contributed by atoms with Crippen molar-refractivity contribution in [2.45, 2.75) is 6.92 Å². The number of hydrogen-bond donors (Lipinski definition) is 2. The Hall–Kier alpha value is -1.55. The molecule has 0 aliphatic heterocycles. The van der Waals surface area contributed by atoms with Crippen molar-refractivity contribution >= 4 is 23.4 Å². The molecule has 2 amide bonds. The molecule has 0 saturated carbocycles. The van der Waals surface area contributed by atoms with Gasteiger partial charge in [0.1, 0.15) is 0 Å². The summed E-state index contributed by atoms with van der Waals surface area (Å²) in [6, 6.07) is 5.01. The molecule has 0 radical (unpaired) electrons. The molecule has 80 valence electrons. The van der Waals surface area contributed by atoms with E-state index in [1.165, 1.54) is 0 Å². The minimum atomic E-state index is -0.581. The van der Waals surface area contributed by atoms with E-state index in [4.69, 9.17) is 17.3 Å². The Balaban J connectivity index is 2.82. The molecule has 1 aromatic carbocycles. The zero-order chi connectivity index (χ0) is 11.4. The van der Waals surface area contributed by atoms with E-state index in [1.807, 2.05) is 0 Å². The summed E-state index contributed by atoms with van der Waals surface area (Å²) in [5.41, 5.74) is 6.04. The highest BCUT2D eigenvalue weighted by Crippen LogP contribution is 2.18. The standard InChI is InChI=1S/C10H11ClN2O2/c1-6-7(3-2-4-8(6)11)10(15)13-5-9(12)14/h2-4H,5H2,1H3,(H2,12,14)(H,13,15). The fourth-order valence-corrected chi connectivity index (χ4v) is 1.29. The normalized spacial score (nSPS) is 9.73. The minimum absolute atomic E-state index is 0.176. The van der Waals surface area contributed by atoms with Crippen LogP contribution in [0.4, 0.5) is 0 Å². The molecule has 4 nitrogen and oxygen atoms in total. The largest absolute Gasteiger partial charge is 0.368 e. The number of hydrogen-bond acceptors (Lipinski definition) is 2. The number of halogens is 1. The average molecular weight is 227 g/mol. The van der Waals surface area contributed by atoms with Crippen LogP contribution < -0.4 is 11.1 Å². The highest BCUT2D eigenvalue weighted by Gasteiger charge is 2.10. The molecule has 0 saturated heterocycles. The maximum Gasteiger partial charge on any atom is 0.252 e. The first-order chi connectivity index (χ1) is 7.02. The number of carbonyl (C=O) groups excluding carboxylic acids is 2. The number of carbonyl (C=O) groups is 2. The van der Waals surface area contributed by atoms with E-state index < -0.39 is 5.91 Å². The third kappa shape index (κ3) is 2.95. The highest BCUT2D eigenvalue weighted by molar-refractivity contribution is 6.31. The van der Waals surface area contributed by atoms with Gasteiger partial charge in [-0.2, -0.15) is 0 Å². The van der Waals surface area contributed by atoms with E-state index in [2.05, 4.69) is 5.32 Å². The first-order valence-electron chi connectivity index (χ1n) is 4.34. The van der Waals surface area contributed by atoms with E-state index in [0.29, 0.717) is 16.1 Å². The molecule has 1 aromatic rings. The number of primary amides is 1. The van der Waals surface area contributed by atoms with Gasteiger partial charge >= 0.3 is 0 Å². The Bertz CT molecular complexity index is 404. The van der Waals surface area contributed by atoms with Gasteiger partial charge in [-0.15, -0.1) is 0 Å². The zero-order valence-corrected chi connectivity index (χ0v) is 8.97. The van der Waals surface area contributed by atoms with Crippen molar-refractivity contribution in [3.8, 4) is 0 Å². The van der Waals surface area contributed by atoms with Crippen molar-refractivity contribution in [3.63, 3.8) is 0 Å². The summed E-state index contributed by atoms with van der Waals surface area (Å²) >= 11 is 5.85.